The van der Waals surface area contributed by atoms with E-state index < -0.39 is 11.7 Å². The summed E-state index contributed by atoms with van der Waals surface area (Å²) >= 11 is 1.60. The number of amides is 1. The Hall–Kier alpha value is -2.75. The van der Waals surface area contributed by atoms with Crippen LogP contribution in [0, 0.1) is 0 Å². The summed E-state index contributed by atoms with van der Waals surface area (Å²) in [5, 5.41) is 7.27. The second-order valence-corrected chi connectivity index (χ2v) is 8.80. The number of rotatable bonds is 4. The predicted octanol–water partition coefficient (Wildman–Crippen LogP) is 4.89. The molecule has 6 nitrogen and oxygen atoms in total. The molecule has 0 aromatic carbocycles. The number of aromatic nitrogens is 4. The van der Waals surface area contributed by atoms with Crippen LogP contribution >= 0.6 is 11.3 Å². The van der Waals surface area contributed by atoms with E-state index in [9.17, 15) is 18.0 Å². The summed E-state index contributed by atoms with van der Waals surface area (Å²) in [7, 11) is 0. The van der Waals surface area contributed by atoms with Crippen LogP contribution in [0.5, 0.6) is 0 Å². The molecule has 1 aliphatic rings. The van der Waals surface area contributed by atoms with Crippen molar-refractivity contribution in [2.45, 2.75) is 44.7 Å². The second-order valence-electron chi connectivity index (χ2n) is 7.87. The molecule has 3 aromatic heterocycles. The van der Waals surface area contributed by atoms with Gasteiger partial charge in [0.15, 0.2) is 5.82 Å². The van der Waals surface area contributed by atoms with Crippen LogP contribution in [0.4, 0.5) is 13.2 Å². The first-order valence-corrected chi connectivity index (χ1v) is 10.9. The zero-order chi connectivity index (χ0) is 22.2. The molecule has 1 aliphatic heterocycles. The lowest BCUT2D eigenvalue weighted by Crippen LogP contribution is -2.39. The smallest absolute Gasteiger partial charge is 0.338 e. The average Bonchev–Trinajstić information content (AvgIpc) is 3.43. The van der Waals surface area contributed by atoms with Gasteiger partial charge in [0.2, 0.25) is 0 Å². The molecule has 0 radical (unpaired) electrons. The zero-order valence-corrected chi connectivity index (χ0v) is 18.0. The standard InChI is InChI=1S/C21H22F3N5OS/c1-13(2)18-16(11-27-29(18)17-6-5-15(10-26-17)21(22,23)24)20(30)28-8-3-4-14(12-28)19-25-7-9-31-19/h5-7,9-11,13-14H,3-4,8,12H2,1-2H3. The summed E-state index contributed by atoms with van der Waals surface area (Å²) in [6.45, 7) is 5.08. The number of nitrogens with zero attached hydrogens (tertiary/aromatic N) is 5. The molecule has 164 valence electrons. The van der Waals surface area contributed by atoms with Crippen molar-refractivity contribution in [3.8, 4) is 5.82 Å². The molecule has 0 saturated carbocycles. The van der Waals surface area contributed by atoms with E-state index >= 15 is 0 Å². The number of hydrogen-bond acceptors (Lipinski definition) is 5. The van der Waals surface area contributed by atoms with E-state index in [1.165, 1.54) is 16.9 Å². The normalized spacial score (nSPS) is 17.4. The predicted molar refractivity (Wildman–Crippen MR) is 110 cm³/mol. The van der Waals surface area contributed by atoms with Gasteiger partial charge in [0.25, 0.3) is 5.91 Å². The number of carbonyl (C=O) groups excluding carboxylic acids is 1. The van der Waals surface area contributed by atoms with Gasteiger partial charge >= 0.3 is 6.18 Å². The first-order valence-electron chi connectivity index (χ1n) is 10.1. The Morgan fingerprint density at radius 3 is 2.65 bits per heavy atom. The lowest BCUT2D eigenvalue weighted by atomic mass is 9.97. The molecule has 0 spiro atoms. The van der Waals surface area contributed by atoms with Crippen LogP contribution < -0.4 is 0 Å². The van der Waals surface area contributed by atoms with Crippen molar-refractivity contribution in [1.29, 1.82) is 0 Å². The maximum Gasteiger partial charge on any atom is 0.417 e. The summed E-state index contributed by atoms with van der Waals surface area (Å²) in [5.74, 6) is 0.259. The molecule has 4 heterocycles. The molecule has 0 aliphatic carbocycles. The first-order chi connectivity index (χ1) is 14.8. The third kappa shape index (κ3) is 4.34. The van der Waals surface area contributed by atoms with Gasteiger partial charge in [-0.2, -0.15) is 18.3 Å². The number of likely N-dealkylation sites (tertiary alicyclic amines) is 1. The van der Waals surface area contributed by atoms with Crippen LogP contribution in [0.25, 0.3) is 5.82 Å². The van der Waals surface area contributed by atoms with E-state index in [0.717, 1.165) is 30.1 Å². The molecule has 1 fully saturated rings. The van der Waals surface area contributed by atoms with E-state index in [4.69, 9.17) is 0 Å². The van der Waals surface area contributed by atoms with E-state index in [1.807, 2.05) is 24.1 Å². The molecule has 1 amide bonds. The van der Waals surface area contributed by atoms with E-state index in [2.05, 4.69) is 15.1 Å². The minimum atomic E-state index is -4.46. The van der Waals surface area contributed by atoms with Gasteiger partial charge in [-0.05, 0) is 30.9 Å². The Kier molecular flexibility index (Phi) is 5.83. The van der Waals surface area contributed by atoms with E-state index in [1.54, 1.807) is 17.5 Å². The molecule has 31 heavy (non-hydrogen) atoms. The number of piperidine rings is 1. The van der Waals surface area contributed by atoms with Crippen molar-refractivity contribution < 1.29 is 18.0 Å². The highest BCUT2D eigenvalue weighted by atomic mass is 32.1. The first kappa shape index (κ1) is 21.5. The molecule has 3 aromatic rings. The Bertz CT molecular complexity index is 1040. The minimum Gasteiger partial charge on any atom is -0.338 e. The number of thiazole rings is 1. The molecular weight excluding hydrogens is 427 g/mol. The molecule has 10 heteroatoms. The maximum atomic E-state index is 13.4. The summed E-state index contributed by atoms with van der Waals surface area (Å²) < 4.78 is 40.0. The summed E-state index contributed by atoms with van der Waals surface area (Å²) in [6.07, 6.45) is 1.47. The number of pyridine rings is 1. The molecule has 1 unspecified atom stereocenters. The number of alkyl halides is 3. The van der Waals surface area contributed by atoms with E-state index in [0.29, 0.717) is 24.3 Å². The van der Waals surface area contributed by atoms with Crippen molar-refractivity contribution in [2.75, 3.05) is 13.1 Å². The van der Waals surface area contributed by atoms with E-state index in [-0.39, 0.29) is 23.6 Å². The van der Waals surface area contributed by atoms with Crippen LogP contribution in [0.15, 0.2) is 36.1 Å². The largest absolute Gasteiger partial charge is 0.417 e. The Labute approximate surface area is 181 Å². The molecule has 0 bridgehead atoms. The molecule has 1 saturated heterocycles. The quantitative estimate of drug-likeness (QED) is 0.569. The van der Waals surface area contributed by atoms with Crippen LogP contribution in [-0.2, 0) is 6.18 Å². The summed E-state index contributed by atoms with van der Waals surface area (Å²) in [5.41, 5.74) is 0.262. The zero-order valence-electron chi connectivity index (χ0n) is 17.1. The third-order valence-electron chi connectivity index (χ3n) is 5.39. The van der Waals surface area contributed by atoms with Gasteiger partial charge < -0.3 is 4.90 Å². The highest BCUT2D eigenvalue weighted by Crippen LogP contribution is 2.32. The fourth-order valence-corrected chi connectivity index (χ4v) is 4.68. The van der Waals surface area contributed by atoms with Crippen LogP contribution in [-0.4, -0.2) is 43.6 Å². The minimum absolute atomic E-state index is 0.0786. The Morgan fingerprint density at radius 2 is 2.03 bits per heavy atom. The average molecular weight is 450 g/mol. The van der Waals surface area contributed by atoms with Gasteiger partial charge in [0.1, 0.15) is 0 Å². The van der Waals surface area contributed by atoms with Gasteiger partial charge in [-0.25, -0.2) is 14.6 Å². The lowest BCUT2D eigenvalue weighted by Gasteiger charge is -2.32. The summed E-state index contributed by atoms with van der Waals surface area (Å²) in [4.78, 5) is 23.5. The number of carbonyl (C=O) groups is 1. The van der Waals surface area contributed by atoms with Crippen molar-refractivity contribution in [3.05, 3.63) is 57.9 Å². The maximum absolute atomic E-state index is 13.4. The fourth-order valence-electron chi connectivity index (χ4n) is 3.91. The highest BCUT2D eigenvalue weighted by Gasteiger charge is 2.32. The summed E-state index contributed by atoms with van der Waals surface area (Å²) in [6, 6.07) is 2.24. The van der Waals surface area contributed by atoms with Crippen LogP contribution in [0.3, 0.4) is 0 Å². The molecule has 1 atom stereocenters. The lowest BCUT2D eigenvalue weighted by molar-refractivity contribution is -0.137. The van der Waals surface area contributed by atoms with Crippen molar-refractivity contribution in [3.63, 3.8) is 0 Å². The third-order valence-corrected chi connectivity index (χ3v) is 6.32. The number of halogens is 3. The molecule has 0 N–H and O–H groups in total. The molecule has 4 rings (SSSR count). The second kappa shape index (κ2) is 8.41. The van der Waals surface area contributed by atoms with Crippen LogP contribution in [0.2, 0.25) is 0 Å². The Balaban J connectivity index is 1.62. The van der Waals surface area contributed by atoms with Crippen molar-refractivity contribution in [1.82, 2.24) is 24.6 Å². The Morgan fingerprint density at radius 1 is 1.23 bits per heavy atom. The topological polar surface area (TPSA) is 63.9 Å². The van der Waals surface area contributed by atoms with Crippen LogP contribution in [0.1, 0.15) is 65.1 Å². The highest BCUT2D eigenvalue weighted by molar-refractivity contribution is 7.09. The van der Waals surface area contributed by atoms with Gasteiger partial charge in [-0.15, -0.1) is 11.3 Å². The number of hydrogen-bond donors (Lipinski definition) is 0. The van der Waals surface area contributed by atoms with Gasteiger partial charge in [-0.1, -0.05) is 13.8 Å². The SMILES string of the molecule is CC(C)c1c(C(=O)N2CCCC(c3nccs3)C2)cnn1-c1ccc(C(F)(F)F)cn1. The van der Waals surface area contributed by atoms with Gasteiger partial charge in [0, 0.05) is 36.8 Å². The fraction of sp³-hybridized carbons (Fsp3) is 0.429. The van der Waals surface area contributed by atoms with Crippen molar-refractivity contribution in [2.24, 2.45) is 0 Å². The van der Waals surface area contributed by atoms with Crippen molar-refractivity contribution >= 4 is 17.2 Å². The molecular formula is C21H22F3N5OS. The monoisotopic (exact) mass is 449 g/mol. The van der Waals surface area contributed by atoms with Gasteiger partial charge in [-0.3, -0.25) is 4.79 Å². The van der Waals surface area contributed by atoms with Gasteiger partial charge in [0.05, 0.1) is 28.0 Å².